The number of carbonyl (C=O) groups excluding carboxylic acids is 1. The van der Waals surface area contributed by atoms with Gasteiger partial charge in [-0.3, -0.25) is 4.79 Å². The van der Waals surface area contributed by atoms with E-state index in [1.54, 1.807) is 18.6 Å². The molecule has 0 radical (unpaired) electrons. The summed E-state index contributed by atoms with van der Waals surface area (Å²) in [7, 11) is -4.03. The van der Waals surface area contributed by atoms with Gasteiger partial charge in [-0.15, -0.1) is 0 Å². The lowest BCUT2D eigenvalue weighted by Gasteiger charge is -2.14. The summed E-state index contributed by atoms with van der Waals surface area (Å²) in [6, 6.07) is -0.481. The number of ether oxygens (including phenoxy) is 1. The highest BCUT2D eigenvalue weighted by atomic mass is 32.2. The molecule has 0 aromatic rings. The van der Waals surface area contributed by atoms with Crippen LogP contribution in [0.1, 0.15) is 33.1 Å². The van der Waals surface area contributed by atoms with E-state index in [-0.39, 0.29) is 6.42 Å². The quantitative estimate of drug-likeness (QED) is 0.666. The van der Waals surface area contributed by atoms with Crippen LogP contribution in [0.15, 0.2) is 0 Å². The van der Waals surface area contributed by atoms with Crippen LogP contribution in [0, 0.1) is 5.92 Å². The highest BCUT2D eigenvalue weighted by Gasteiger charge is 2.32. The number of hydrogen-bond acceptors (Lipinski definition) is 5. The van der Waals surface area contributed by atoms with Crippen molar-refractivity contribution in [2.45, 2.75) is 45.3 Å². The number of rotatable bonds is 5. The maximum absolute atomic E-state index is 11.6. The van der Waals surface area contributed by atoms with Crippen molar-refractivity contribution in [2.75, 3.05) is 0 Å². The van der Waals surface area contributed by atoms with Gasteiger partial charge in [-0.25, -0.2) is 9.52 Å². The topological polar surface area (TPSA) is 122 Å². The molecule has 9 heteroatoms. The molecule has 2 atom stereocenters. The van der Waals surface area contributed by atoms with E-state index >= 15 is 0 Å². The van der Waals surface area contributed by atoms with Gasteiger partial charge in [0.2, 0.25) is 0 Å². The smallest absolute Gasteiger partial charge is 0.422 e. The molecule has 19 heavy (non-hydrogen) atoms. The fourth-order valence-electron chi connectivity index (χ4n) is 1.91. The van der Waals surface area contributed by atoms with E-state index in [0.29, 0.717) is 12.8 Å². The number of hydrogen-bond donors (Lipinski definition) is 3. The molecule has 110 valence electrons. The second-order valence-electron chi connectivity index (χ2n) is 4.72. The van der Waals surface area contributed by atoms with Gasteiger partial charge in [0.15, 0.2) is 0 Å². The average Bonchev–Trinajstić information content (AvgIpc) is 2.62. The zero-order chi connectivity index (χ0) is 14.6. The fraction of sp³-hybridized carbons (Fsp3) is 0.800. The lowest BCUT2D eigenvalue weighted by Crippen LogP contribution is -2.45. The Hall–Kier alpha value is -1.35. The zero-order valence-electron chi connectivity index (χ0n) is 10.8. The Morgan fingerprint density at radius 1 is 1.32 bits per heavy atom. The minimum absolute atomic E-state index is 0.218. The minimum Gasteiger partial charge on any atom is -0.481 e. The van der Waals surface area contributed by atoms with E-state index in [1.165, 1.54) is 0 Å². The van der Waals surface area contributed by atoms with Crippen LogP contribution in [0.2, 0.25) is 0 Å². The van der Waals surface area contributed by atoms with Crippen LogP contribution in [-0.4, -0.2) is 37.7 Å². The van der Waals surface area contributed by atoms with Crippen molar-refractivity contribution in [3.8, 4) is 0 Å². The summed E-state index contributed by atoms with van der Waals surface area (Å²) < 4.78 is 31.8. The van der Waals surface area contributed by atoms with Gasteiger partial charge >= 0.3 is 22.3 Å². The largest absolute Gasteiger partial charge is 0.481 e. The predicted octanol–water partition coefficient (Wildman–Crippen LogP) is 0.209. The van der Waals surface area contributed by atoms with Crippen molar-refractivity contribution in [1.82, 2.24) is 9.44 Å². The maximum Gasteiger partial charge on any atom is 0.422 e. The SMILES string of the molecule is CC(C)OC(=O)NS(=O)(=O)N[C@H]1CC[C@@H](C(=O)O)C1. The maximum atomic E-state index is 11.6. The number of carboxylic acids is 1. The minimum atomic E-state index is -4.03. The molecule has 0 aliphatic heterocycles. The Labute approximate surface area is 111 Å². The molecule has 0 spiro atoms. The molecule has 0 bridgehead atoms. The first-order valence-corrected chi connectivity index (χ1v) is 7.41. The van der Waals surface area contributed by atoms with Crippen LogP contribution in [0.25, 0.3) is 0 Å². The molecule has 3 N–H and O–H groups in total. The van der Waals surface area contributed by atoms with Gasteiger partial charge in [-0.1, -0.05) is 0 Å². The molecule has 0 aromatic carbocycles. The van der Waals surface area contributed by atoms with E-state index in [1.807, 2.05) is 0 Å². The third kappa shape index (κ3) is 5.43. The van der Waals surface area contributed by atoms with E-state index in [9.17, 15) is 18.0 Å². The molecule has 1 aliphatic rings. The summed E-state index contributed by atoms with van der Waals surface area (Å²) in [4.78, 5) is 21.9. The third-order valence-electron chi connectivity index (χ3n) is 2.66. The summed E-state index contributed by atoms with van der Waals surface area (Å²) >= 11 is 0. The number of nitrogens with one attached hydrogen (secondary N) is 2. The van der Waals surface area contributed by atoms with Gasteiger partial charge in [0, 0.05) is 6.04 Å². The Kier molecular flexibility index (Phi) is 5.12. The first-order chi connectivity index (χ1) is 8.69. The van der Waals surface area contributed by atoms with Gasteiger partial charge in [0.25, 0.3) is 0 Å². The van der Waals surface area contributed by atoms with Crippen LogP contribution < -0.4 is 9.44 Å². The van der Waals surface area contributed by atoms with Crippen molar-refractivity contribution < 1.29 is 27.9 Å². The van der Waals surface area contributed by atoms with Crippen molar-refractivity contribution in [3.05, 3.63) is 0 Å². The van der Waals surface area contributed by atoms with Crippen molar-refractivity contribution in [1.29, 1.82) is 0 Å². The van der Waals surface area contributed by atoms with Crippen LogP contribution in [0.4, 0.5) is 4.79 Å². The van der Waals surface area contributed by atoms with E-state index in [0.717, 1.165) is 0 Å². The second-order valence-corrected chi connectivity index (χ2v) is 6.17. The number of carbonyl (C=O) groups is 2. The molecule has 1 saturated carbocycles. The summed E-state index contributed by atoms with van der Waals surface area (Å²) in [5.74, 6) is -1.48. The van der Waals surface area contributed by atoms with Crippen LogP contribution in [-0.2, 0) is 19.7 Å². The van der Waals surface area contributed by atoms with Gasteiger partial charge < -0.3 is 9.84 Å². The van der Waals surface area contributed by atoms with E-state index in [4.69, 9.17) is 5.11 Å². The van der Waals surface area contributed by atoms with Crippen LogP contribution in [0.3, 0.4) is 0 Å². The molecule has 1 fully saturated rings. The first kappa shape index (κ1) is 15.7. The van der Waals surface area contributed by atoms with E-state index in [2.05, 4.69) is 9.46 Å². The monoisotopic (exact) mass is 294 g/mol. The van der Waals surface area contributed by atoms with Crippen molar-refractivity contribution in [3.63, 3.8) is 0 Å². The predicted molar refractivity (Wildman–Crippen MR) is 65.6 cm³/mol. The average molecular weight is 294 g/mol. The summed E-state index contributed by atoms with van der Waals surface area (Å²) in [6.07, 6.45) is -0.431. The summed E-state index contributed by atoms with van der Waals surface area (Å²) in [5.41, 5.74) is 0. The molecule has 0 heterocycles. The lowest BCUT2D eigenvalue weighted by molar-refractivity contribution is -0.141. The standard InChI is InChI=1S/C10H18N2O6S/c1-6(2)18-10(15)12-19(16,17)11-8-4-3-7(5-8)9(13)14/h6-8,11H,3-5H2,1-2H3,(H,12,15)(H,13,14)/t7-,8+/m1/s1. The van der Waals surface area contributed by atoms with Crippen LogP contribution in [0.5, 0.6) is 0 Å². The first-order valence-electron chi connectivity index (χ1n) is 5.93. The molecule has 0 saturated heterocycles. The van der Waals surface area contributed by atoms with Crippen molar-refractivity contribution >= 4 is 22.3 Å². The summed E-state index contributed by atoms with van der Waals surface area (Å²) in [6.45, 7) is 3.18. The highest BCUT2D eigenvalue weighted by Crippen LogP contribution is 2.25. The van der Waals surface area contributed by atoms with Gasteiger partial charge in [0.1, 0.15) is 0 Å². The number of carboxylic acid groups (broad SMARTS) is 1. The van der Waals surface area contributed by atoms with Crippen LogP contribution >= 0.6 is 0 Å². The Morgan fingerprint density at radius 3 is 2.42 bits per heavy atom. The fourth-order valence-corrected chi connectivity index (χ4v) is 2.89. The molecule has 8 nitrogen and oxygen atoms in total. The molecular weight excluding hydrogens is 276 g/mol. The second kappa shape index (κ2) is 6.20. The van der Waals surface area contributed by atoms with Gasteiger partial charge in [-0.05, 0) is 33.1 Å². The third-order valence-corrected chi connectivity index (χ3v) is 3.74. The number of amides is 1. The van der Waals surface area contributed by atoms with Crippen molar-refractivity contribution in [2.24, 2.45) is 5.92 Å². The molecule has 1 rings (SSSR count). The summed E-state index contributed by atoms with van der Waals surface area (Å²) in [5, 5.41) is 8.81. The molecular formula is C10H18N2O6S. The Morgan fingerprint density at radius 2 is 1.95 bits per heavy atom. The lowest BCUT2D eigenvalue weighted by atomic mass is 10.1. The zero-order valence-corrected chi connectivity index (χ0v) is 11.6. The normalized spacial score (nSPS) is 23.3. The number of aliphatic carboxylic acids is 1. The molecule has 0 unspecified atom stereocenters. The Balaban J connectivity index is 2.47. The highest BCUT2D eigenvalue weighted by molar-refractivity contribution is 7.88. The molecule has 1 aliphatic carbocycles. The molecule has 0 aromatic heterocycles. The Bertz CT molecular complexity index is 447. The molecule has 1 amide bonds. The van der Waals surface area contributed by atoms with E-state index < -0.39 is 40.3 Å². The van der Waals surface area contributed by atoms with Gasteiger partial charge in [0.05, 0.1) is 12.0 Å². The van der Waals surface area contributed by atoms with Gasteiger partial charge in [-0.2, -0.15) is 13.1 Å².